The van der Waals surface area contributed by atoms with Gasteiger partial charge in [-0.1, -0.05) is 24.3 Å². The molecule has 0 saturated carbocycles. The fraction of sp³-hybridized carbons (Fsp3) is 0.462. The monoisotopic (exact) mass is 235 g/mol. The third kappa shape index (κ3) is 2.97. The molecule has 0 bridgehead atoms. The van der Waals surface area contributed by atoms with Crippen LogP contribution in [-0.2, 0) is 17.6 Å². The number of ether oxygens (including phenoxy) is 1. The van der Waals surface area contributed by atoms with Crippen LogP contribution in [0.15, 0.2) is 24.3 Å². The van der Waals surface area contributed by atoms with Crippen molar-refractivity contribution in [1.29, 1.82) is 0 Å². The first-order valence-corrected chi connectivity index (χ1v) is 5.79. The number of carbonyl (C=O) groups excluding carboxylic acids is 1. The Morgan fingerprint density at radius 1 is 1.35 bits per heavy atom. The van der Waals surface area contributed by atoms with Crippen LogP contribution in [0.4, 0.5) is 4.79 Å². The molecule has 1 saturated heterocycles. The first-order chi connectivity index (χ1) is 8.19. The molecular formula is C13H17NO3. The zero-order chi connectivity index (χ0) is 12.3. The molecule has 0 aromatic heterocycles. The molecule has 0 aliphatic carbocycles. The van der Waals surface area contributed by atoms with Crippen molar-refractivity contribution in [3.05, 3.63) is 35.4 Å². The van der Waals surface area contributed by atoms with E-state index < -0.39 is 0 Å². The lowest BCUT2D eigenvalue weighted by Gasteiger charge is -2.08. The molecule has 0 spiro atoms. The Bertz CT molecular complexity index is 388. The summed E-state index contributed by atoms with van der Waals surface area (Å²) >= 11 is 0. The summed E-state index contributed by atoms with van der Waals surface area (Å²) in [6.45, 7) is 0.821. The number of aliphatic hydroxyl groups excluding tert-OH is 1. The Balaban J connectivity index is 1.93. The molecule has 0 unspecified atom stereocenters. The van der Waals surface area contributed by atoms with E-state index in [1.54, 1.807) is 11.9 Å². The minimum atomic E-state index is -0.244. The van der Waals surface area contributed by atoms with E-state index in [4.69, 9.17) is 9.84 Å². The van der Waals surface area contributed by atoms with Crippen molar-refractivity contribution in [2.45, 2.75) is 18.9 Å². The van der Waals surface area contributed by atoms with Crippen LogP contribution in [0, 0.1) is 0 Å². The van der Waals surface area contributed by atoms with Crippen molar-refractivity contribution in [1.82, 2.24) is 4.90 Å². The van der Waals surface area contributed by atoms with E-state index in [1.807, 2.05) is 24.3 Å². The van der Waals surface area contributed by atoms with E-state index >= 15 is 0 Å². The average Bonchev–Trinajstić information content (AvgIpc) is 2.61. The topological polar surface area (TPSA) is 49.8 Å². The van der Waals surface area contributed by atoms with E-state index in [-0.39, 0.29) is 18.8 Å². The van der Waals surface area contributed by atoms with Gasteiger partial charge in [0.25, 0.3) is 0 Å². The highest BCUT2D eigenvalue weighted by atomic mass is 16.6. The number of hydrogen-bond acceptors (Lipinski definition) is 3. The molecule has 17 heavy (non-hydrogen) atoms. The lowest BCUT2D eigenvalue weighted by Crippen LogP contribution is -2.20. The Morgan fingerprint density at radius 3 is 2.53 bits per heavy atom. The number of nitrogens with zero attached hydrogens (tertiary/aromatic N) is 1. The molecule has 0 radical (unpaired) electrons. The second kappa shape index (κ2) is 5.19. The van der Waals surface area contributed by atoms with Crippen LogP contribution in [0.5, 0.6) is 0 Å². The van der Waals surface area contributed by atoms with Crippen molar-refractivity contribution < 1.29 is 14.6 Å². The van der Waals surface area contributed by atoms with Crippen LogP contribution in [-0.4, -0.2) is 42.4 Å². The second-order valence-electron chi connectivity index (χ2n) is 4.38. The fourth-order valence-corrected chi connectivity index (χ4v) is 1.99. The SMILES string of the molecule is CN1C[C@H](Cc2ccc(CCO)cc2)OC1=O. The van der Waals surface area contributed by atoms with Crippen LogP contribution in [0.25, 0.3) is 0 Å². The van der Waals surface area contributed by atoms with Gasteiger partial charge in [-0.05, 0) is 17.5 Å². The summed E-state index contributed by atoms with van der Waals surface area (Å²) in [5.41, 5.74) is 2.27. The minimum Gasteiger partial charge on any atom is -0.444 e. The first kappa shape index (κ1) is 11.9. The van der Waals surface area contributed by atoms with Gasteiger partial charge in [-0.15, -0.1) is 0 Å². The van der Waals surface area contributed by atoms with E-state index in [9.17, 15) is 4.79 Å². The van der Waals surface area contributed by atoms with Gasteiger partial charge < -0.3 is 14.7 Å². The van der Waals surface area contributed by atoms with Gasteiger partial charge in [0.15, 0.2) is 0 Å². The van der Waals surface area contributed by atoms with E-state index in [0.717, 1.165) is 17.5 Å². The molecule has 4 nitrogen and oxygen atoms in total. The number of cyclic esters (lactones) is 1. The average molecular weight is 235 g/mol. The number of benzene rings is 1. The molecule has 92 valence electrons. The van der Waals surface area contributed by atoms with Crippen LogP contribution in [0.1, 0.15) is 11.1 Å². The number of rotatable bonds is 4. The second-order valence-corrected chi connectivity index (χ2v) is 4.38. The van der Waals surface area contributed by atoms with Crippen LogP contribution < -0.4 is 0 Å². The van der Waals surface area contributed by atoms with Gasteiger partial charge in [0.2, 0.25) is 0 Å². The molecule has 1 N–H and O–H groups in total. The summed E-state index contributed by atoms with van der Waals surface area (Å²) in [4.78, 5) is 12.8. The summed E-state index contributed by atoms with van der Waals surface area (Å²) in [5, 5.41) is 8.81. The normalized spacial score (nSPS) is 19.5. The molecule has 1 fully saturated rings. The fourth-order valence-electron chi connectivity index (χ4n) is 1.99. The van der Waals surface area contributed by atoms with Gasteiger partial charge in [-0.2, -0.15) is 0 Å². The van der Waals surface area contributed by atoms with Crippen molar-refractivity contribution in [2.75, 3.05) is 20.2 Å². The number of likely N-dealkylation sites (N-methyl/N-ethyl adjacent to an activating group) is 1. The predicted molar refractivity (Wildman–Crippen MR) is 63.8 cm³/mol. The smallest absolute Gasteiger partial charge is 0.409 e. The molecule has 1 aliphatic rings. The summed E-state index contributed by atoms with van der Waals surface area (Å²) < 4.78 is 5.20. The van der Waals surface area contributed by atoms with Gasteiger partial charge >= 0.3 is 6.09 Å². The van der Waals surface area contributed by atoms with Gasteiger partial charge in [0, 0.05) is 20.1 Å². The maximum Gasteiger partial charge on any atom is 0.409 e. The quantitative estimate of drug-likeness (QED) is 0.853. The van der Waals surface area contributed by atoms with E-state index in [1.165, 1.54) is 0 Å². The Labute approximate surface area is 101 Å². The van der Waals surface area contributed by atoms with Gasteiger partial charge in [-0.25, -0.2) is 4.79 Å². The maximum absolute atomic E-state index is 11.2. The predicted octanol–water partition coefficient (Wildman–Crippen LogP) is 1.21. The van der Waals surface area contributed by atoms with Crippen LogP contribution in [0.2, 0.25) is 0 Å². The molecule has 2 rings (SSSR count). The Morgan fingerprint density at radius 2 is 2.00 bits per heavy atom. The van der Waals surface area contributed by atoms with Crippen molar-refractivity contribution in [3.8, 4) is 0 Å². The van der Waals surface area contributed by atoms with Crippen molar-refractivity contribution in [3.63, 3.8) is 0 Å². The third-order valence-electron chi connectivity index (χ3n) is 2.94. The van der Waals surface area contributed by atoms with Crippen molar-refractivity contribution >= 4 is 6.09 Å². The van der Waals surface area contributed by atoms with E-state index in [0.29, 0.717) is 13.0 Å². The first-order valence-electron chi connectivity index (χ1n) is 5.79. The van der Waals surface area contributed by atoms with Crippen LogP contribution in [0.3, 0.4) is 0 Å². The number of aliphatic hydroxyl groups is 1. The summed E-state index contributed by atoms with van der Waals surface area (Å²) in [6, 6.07) is 8.06. The molecular weight excluding hydrogens is 218 g/mol. The summed E-state index contributed by atoms with van der Waals surface area (Å²) in [7, 11) is 1.74. The van der Waals surface area contributed by atoms with Gasteiger partial charge in [0.05, 0.1) is 6.54 Å². The van der Waals surface area contributed by atoms with Crippen molar-refractivity contribution in [2.24, 2.45) is 0 Å². The standard InChI is InChI=1S/C13H17NO3/c1-14-9-12(17-13(14)16)8-11-4-2-10(3-5-11)6-7-15/h2-5,12,15H,6-9H2,1H3/t12-/m0/s1. The van der Waals surface area contributed by atoms with Crippen LogP contribution >= 0.6 is 0 Å². The molecule has 4 heteroatoms. The number of carbonyl (C=O) groups is 1. The minimum absolute atomic E-state index is 0.0452. The molecule has 1 atom stereocenters. The van der Waals surface area contributed by atoms with Gasteiger partial charge in [0.1, 0.15) is 6.10 Å². The highest BCUT2D eigenvalue weighted by Gasteiger charge is 2.27. The number of amides is 1. The molecule has 1 aromatic carbocycles. The van der Waals surface area contributed by atoms with E-state index in [2.05, 4.69) is 0 Å². The Kier molecular flexibility index (Phi) is 3.64. The Hall–Kier alpha value is -1.55. The molecule has 1 amide bonds. The highest BCUT2D eigenvalue weighted by Crippen LogP contribution is 2.15. The lowest BCUT2D eigenvalue weighted by atomic mass is 10.0. The highest BCUT2D eigenvalue weighted by molar-refractivity contribution is 5.69. The maximum atomic E-state index is 11.2. The third-order valence-corrected chi connectivity index (χ3v) is 2.94. The zero-order valence-electron chi connectivity index (χ0n) is 9.93. The lowest BCUT2D eigenvalue weighted by molar-refractivity contribution is 0.134. The zero-order valence-corrected chi connectivity index (χ0v) is 9.93. The number of hydrogen-bond donors (Lipinski definition) is 1. The summed E-state index contributed by atoms with van der Waals surface area (Å²) in [5.74, 6) is 0. The molecule has 1 aliphatic heterocycles. The van der Waals surface area contributed by atoms with Gasteiger partial charge in [-0.3, -0.25) is 0 Å². The summed E-state index contributed by atoms with van der Waals surface area (Å²) in [6.07, 6.45) is 1.14. The largest absolute Gasteiger partial charge is 0.444 e. The molecule has 1 heterocycles. The molecule has 1 aromatic rings.